The van der Waals surface area contributed by atoms with Gasteiger partial charge in [-0.05, 0) is 33.1 Å². The molecule has 0 radical (unpaired) electrons. The largest absolute Gasteiger partial charge is 0.254 e. The molecule has 1 unspecified atom stereocenters. The Balaban J connectivity index is 3.67. The quantitative estimate of drug-likeness (QED) is 0.622. The normalized spacial score (nSPS) is 15.2. The van der Waals surface area contributed by atoms with Gasteiger partial charge in [-0.3, -0.25) is 10.9 Å². The number of nitrogens with one attached hydrogen (secondary N) is 2. The van der Waals surface area contributed by atoms with Crippen molar-refractivity contribution in [3.63, 3.8) is 0 Å². The third kappa shape index (κ3) is 4.73. The van der Waals surface area contributed by atoms with Crippen LogP contribution < -0.4 is 10.9 Å². The van der Waals surface area contributed by atoms with Crippen molar-refractivity contribution in [2.24, 2.45) is 5.92 Å². The number of hydrogen-bond donors (Lipinski definition) is 2. The van der Waals surface area contributed by atoms with Gasteiger partial charge in [-0.1, -0.05) is 20.8 Å². The standard InChI is InChI=1S/C10H24N2/c1-7-10(5,6)12-11-9(4)8(2)3/h8-9,11-12H,7H2,1-6H3. The van der Waals surface area contributed by atoms with E-state index in [9.17, 15) is 0 Å². The molecule has 2 heteroatoms. The number of hydrazine groups is 1. The van der Waals surface area contributed by atoms with Gasteiger partial charge in [-0.25, -0.2) is 0 Å². The Hall–Kier alpha value is -0.0800. The molecule has 0 aliphatic carbocycles. The van der Waals surface area contributed by atoms with Gasteiger partial charge in [0.2, 0.25) is 0 Å². The summed E-state index contributed by atoms with van der Waals surface area (Å²) in [4.78, 5) is 0. The van der Waals surface area contributed by atoms with E-state index in [1.807, 2.05) is 0 Å². The van der Waals surface area contributed by atoms with Crippen molar-refractivity contribution in [1.82, 2.24) is 10.9 Å². The summed E-state index contributed by atoms with van der Waals surface area (Å²) in [6, 6.07) is 0.524. The molecule has 0 amide bonds. The highest BCUT2D eigenvalue weighted by atomic mass is 15.4. The van der Waals surface area contributed by atoms with E-state index in [1.54, 1.807) is 0 Å². The van der Waals surface area contributed by atoms with Crippen molar-refractivity contribution >= 4 is 0 Å². The molecule has 0 aliphatic rings. The second-order valence-electron chi connectivity index (χ2n) is 4.54. The summed E-state index contributed by atoms with van der Waals surface area (Å²) < 4.78 is 0. The van der Waals surface area contributed by atoms with E-state index in [2.05, 4.69) is 52.4 Å². The van der Waals surface area contributed by atoms with E-state index >= 15 is 0 Å². The smallest absolute Gasteiger partial charge is 0.0265 e. The van der Waals surface area contributed by atoms with E-state index in [0.717, 1.165) is 6.42 Å². The monoisotopic (exact) mass is 172 g/mol. The van der Waals surface area contributed by atoms with Crippen LogP contribution in [0.1, 0.15) is 48.0 Å². The van der Waals surface area contributed by atoms with Gasteiger partial charge in [-0.15, -0.1) is 0 Å². The van der Waals surface area contributed by atoms with Gasteiger partial charge >= 0.3 is 0 Å². The minimum atomic E-state index is 0.198. The van der Waals surface area contributed by atoms with Crippen LogP contribution in [-0.4, -0.2) is 11.6 Å². The van der Waals surface area contributed by atoms with Gasteiger partial charge in [0.1, 0.15) is 0 Å². The summed E-state index contributed by atoms with van der Waals surface area (Å²) in [5.41, 5.74) is 6.86. The first kappa shape index (κ1) is 11.9. The number of rotatable bonds is 5. The maximum absolute atomic E-state index is 3.34. The Morgan fingerprint density at radius 2 is 1.67 bits per heavy atom. The Kier molecular flexibility index (Phi) is 4.80. The first-order valence-electron chi connectivity index (χ1n) is 4.91. The fourth-order valence-electron chi connectivity index (χ4n) is 0.564. The van der Waals surface area contributed by atoms with Crippen molar-refractivity contribution < 1.29 is 0 Å². The third-order valence-electron chi connectivity index (χ3n) is 2.52. The van der Waals surface area contributed by atoms with Crippen LogP contribution in [0.2, 0.25) is 0 Å². The van der Waals surface area contributed by atoms with E-state index in [4.69, 9.17) is 0 Å². The van der Waals surface area contributed by atoms with Crippen LogP contribution in [0.5, 0.6) is 0 Å². The van der Waals surface area contributed by atoms with Crippen molar-refractivity contribution in [2.75, 3.05) is 0 Å². The Bertz CT molecular complexity index is 119. The minimum absolute atomic E-state index is 0.198. The molecule has 0 fully saturated rings. The molecule has 2 N–H and O–H groups in total. The molecular weight excluding hydrogens is 148 g/mol. The zero-order valence-corrected chi connectivity index (χ0v) is 9.36. The second-order valence-corrected chi connectivity index (χ2v) is 4.54. The highest BCUT2D eigenvalue weighted by Crippen LogP contribution is 2.06. The van der Waals surface area contributed by atoms with Gasteiger partial charge in [0.15, 0.2) is 0 Å². The zero-order valence-electron chi connectivity index (χ0n) is 9.36. The Morgan fingerprint density at radius 3 is 2.00 bits per heavy atom. The summed E-state index contributed by atoms with van der Waals surface area (Å²) >= 11 is 0. The molecule has 1 atom stereocenters. The van der Waals surface area contributed by atoms with Crippen molar-refractivity contribution in [3.05, 3.63) is 0 Å². The van der Waals surface area contributed by atoms with E-state index in [0.29, 0.717) is 12.0 Å². The first-order chi connectivity index (χ1) is 5.39. The third-order valence-corrected chi connectivity index (χ3v) is 2.52. The molecule has 2 nitrogen and oxygen atoms in total. The molecule has 0 heterocycles. The lowest BCUT2D eigenvalue weighted by atomic mass is 10.0. The van der Waals surface area contributed by atoms with Gasteiger partial charge in [-0.2, -0.15) is 0 Å². The summed E-state index contributed by atoms with van der Waals surface area (Å²) in [5.74, 6) is 0.671. The maximum atomic E-state index is 3.34. The van der Waals surface area contributed by atoms with Crippen LogP contribution in [0.4, 0.5) is 0 Å². The average molecular weight is 172 g/mol. The predicted molar refractivity (Wildman–Crippen MR) is 54.9 cm³/mol. The lowest BCUT2D eigenvalue weighted by Crippen LogP contribution is -2.52. The van der Waals surface area contributed by atoms with Crippen LogP contribution >= 0.6 is 0 Å². The summed E-state index contributed by atoms with van der Waals surface area (Å²) in [6.45, 7) is 13.2. The van der Waals surface area contributed by atoms with Gasteiger partial charge in [0, 0.05) is 11.6 Å². The SMILES string of the molecule is CCC(C)(C)NNC(C)C(C)C. The minimum Gasteiger partial charge on any atom is -0.254 e. The first-order valence-corrected chi connectivity index (χ1v) is 4.91. The van der Waals surface area contributed by atoms with Crippen molar-refractivity contribution in [1.29, 1.82) is 0 Å². The van der Waals surface area contributed by atoms with Crippen molar-refractivity contribution in [2.45, 2.75) is 59.5 Å². The summed E-state index contributed by atoms with van der Waals surface area (Å²) in [6.07, 6.45) is 1.13. The molecule has 0 rings (SSSR count). The Labute approximate surface area is 77.1 Å². The molecule has 0 spiro atoms. The molecule has 0 aromatic carbocycles. The highest BCUT2D eigenvalue weighted by Gasteiger charge is 2.15. The fraction of sp³-hybridized carbons (Fsp3) is 1.00. The van der Waals surface area contributed by atoms with E-state index in [1.165, 1.54) is 0 Å². The van der Waals surface area contributed by atoms with Gasteiger partial charge < -0.3 is 0 Å². The molecule has 12 heavy (non-hydrogen) atoms. The lowest BCUT2D eigenvalue weighted by molar-refractivity contribution is 0.269. The molecule has 0 saturated heterocycles. The van der Waals surface area contributed by atoms with Crippen molar-refractivity contribution in [3.8, 4) is 0 Å². The van der Waals surface area contributed by atoms with Gasteiger partial charge in [0.05, 0.1) is 0 Å². The topological polar surface area (TPSA) is 24.1 Å². The predicted octanol–water partition coefficient (Wildman–Crippen LogP) is 2.31. The van der Waals surface area contributed by atoms with Crippen LogP contribution in [0.25, 0.3) is 0 Å². The second kappa shape index (κ2) is 4.83. The van der Waals surface area contributed by atoms with E-state index in [-0.39, 0.29) is 5.54 Å². The zero-order chi connectivity index (χ0) is 9.78. The van der Waals surface area contributed by atoms with Crippen LogP contribution in [0.3, 0.4) is 0 Å². The molecule has 0 aromatic heterocycles. The lowest BCUT2D eigenvalue weighted by Gasteiger charge is -2.28. The average Bonchev–Trinajstić information content (AvgIpc) is 2.00. The summed E-state index contributed by atoms with van der Waals surface area (Å²) in [7, 11) is 0. The molecule has 0 aliphatic heterocycles. The number of hydrogen-bond acceptors (Lipinski definition) is 2. The van der Waals surface area contributed by atoms with Crippen LogP contribution in [0.15, 0.2) is 0 Å². The van der Waals surface area contributed by atoms with Crippen LogP contribution in [0, 0.1) is 5.92 Å². The highest BCUT2D eigenvalue weighted by molar-refractivity contribution is 4.74. The molecule has 0 bridgehead atoms. The molecule has 0 aromatic rings. The molecular formula is C10H24N2. The Morgan fingerprint density at radius 1 is 1.17 bits per heavy atom. The molecule has 0 saturated carbocycles. The molecule has 74 valence electrons. The maximum Gasteiger partial charge on any atom is 0.0265 e. The van der Waals surface area contributed by atoms with Crippen LogP contribution in [-0.2, 0) is 0 Å². The van der Waals surface area contributed by atoms with E-state index < -0.39 is 0 Å². The fourth-order valence-corrected chi connectivity index (χ4v) is 0.564. The summed E-state index contributed by atoms with van der Waals surface area (Å²) in [5, 5.41) is 0. The van der Waals surface area contributed by atoms with Gasteiger partial charge in [0.25, 0.3) is 0 Å².